The van der Waals surface area contributed by atoms with E-state index in [9.17, 15) is 18.8 Å². The Balaban J connectivity index is 1.54. The lowest BCUT2D eigenvalue weighted by Crippen LogP contribution is -2.54. The number of amides is 4. The Kier molecular flexibility index (Phi) is 4.30. The van der Waals surface area contributed by atoms with E-state index in [1.807, 2.05) is 0 Å². The summed E-state index contributed by atoms with van der Waals surface area (Å²) < 4.78 is 14.6. The van der Waals surface area contributed by atoms with Gasteiger partial charge in [-0.2, -0.15) is 9.90 Å². The molecule has 0 spiro atoms. The van der Waals surface area contributed by atoms with Crippen LogP contribution in [0.2, 0.25) is 0 Å². The molecule has 1 atom stereocenters. The van der Waals surface area contributed by atoms with Crippen molar-refractivity contribution in [1.82, 2.24) is 40.5 Å². The fourth-order valence-electron chi connectivity index (χ4n) is 3.00. The van der Waals surface area contributed by atoms with Gasteiger partial charge in [0.25, 0.3) is 11.8 Å². The van der Waals surface area contributed by atoms with E-state index < -0.39 is 29.2 Å². The van der Waals surface area contributed by atoms with Gasteiger partial charge in [-0.25, -0.2) is 14.2 Å². The molecular formula is C17H15FN8O3. The van der Waals surface area contributed by atoms with Gasteiger partial charge in [0.05, 0.1) is 18.4 Å². The monoisotopic (exact) mass is 398 g/mol. The maximum atomic E-state index is 13.0. The van der Waals surface area contributed by atoms with Gasteiger partial charge in [-0.05, 0) is 24.3 Å². The van der Waals surface area contributed by atoms with Gasteiger partial charge in [0.1, 0.15) is 11.6 Å². The number of imidazole rings is 1. The number of imide groups is 1. The predicted molar refractivity (Wildman–Crippen MR) is 95.2 cm³/mol. The first kappa shape index (κ1) is 18.3. The molecule has 4 rings (SSSR count). The largest absolute Gasteiger partial charge is 0.347 e. The molecule has 1 saturated heterocycles. The average Bonchev–Trinajstić information content (AvgIpc) is 3.40. The molecule has 1 aromatic carbocycles. The van der Waals surface area contributed by atoms with Crippen molar-refractivity contribution < 1.29 is 18.8 Å². The Morgan fingerprint density at radius 3 is 2.66 bits per heavy atom. The molecular weight excluding hydrogens is 383 g/mol. The van der Waals surface area contributed by atoms with Crippen LogP contribution in [0.15, 0.2) is 42.9 Å². The number of rotatable bonds is 5. The summed E-state index contributed by atoms with van der Waals surface area (Å²) in [6.07, 6.45) is 4.33. The molecule has 0 saturated carbocycles. The lowest BCUT2D eigenvalue weighted by molar-refractivity contribution is -0.124. The summed E-state index contributed by atoms with van der Waals surface area (Å²) in [5.74, 6) is -1.39. The first-order valence-electron chi connectivity index (χ1n) is 8.47. The molecule has 3 aromatic rings. The van der Waals surface area contributed by atoms with Crippen LogP contribution >= 0.6 is 0 Å². The highest BCUT2D eigenvalue weighted by atomic mass is 19.1. The molecule has 0 radical (unpaired) electrons. The van der Waals surface area contributed by atoms with E-state index >= 15 is 0 Å². The minimum absolute atomic E-state index is 0.0194. The van der Waals surface area contributed by atoms with Crippen molar-refractivity contribution in [3.8, 4) is 5.69 Å². The van der Waals surface area contributed by atoms with Crippen molar-refractivity contribution >= 4 is 17.8 Å². The predicted octanol–water partition coefficient (Wildman–Crippen LogP) is -0.395. The molecule has 3 N–H and O–H groups in total. The number of aryl methyl sites for hydroxylation is 1. The second-order valence-electron chi connectivity index (χ2n) is 6.35. The van der Waals surface area contributed by atoms with Gasteiger partial charge in [0.2, 0.25) is 0 Å². The quantitative estimate of drug-likeness (QED) is 0.501. The third-order valence-electron chi connectivity index (χ3n) is 4.44. The highest BCUT2D eigenvalue weighted by molar-refractivity contribution is 6.07. The van der Waals surface area contributed by atoms with Crippen molar-refractivity contribution in [2.75, 3.05) is 6.54 Å². The molecule has 0 bridgehead atoms. The van der Waals surface area contributed by atoms with Crippen LogP contribution in [-0.2, 0) is 17.4 Å². The minimum Gasteiger partial charge on any atom is -0.347 e. The number of nitrogens with zero attached hydrogens (tertiary/aromatic N) is 5. The lowest BCUT2D eigenvalue weighted by atomic mass is 9.98. The Labute approximate surface area is 162 Å². The highest BCUT2D eigenvalue weighted by Gasteiger charge is 2.50. The van der Waals surface area contributed by atoms with Crippen LogP contribution < -0.4 is 16.0 Å². The Morgan fingerprint density at radius 2 is 2.03 bits per heavy atom. The van der Waals surface area contributed by atoms with E-state index in [4.69, 9.17) is 0 Å². The summed E-state index contributed by atoms with van der Waals surface area (Å²) in [6, 6.07) is 4.73. The number of urea groups is 1. The standard InChI is InChI=1S/C17H15FN8O3/c1-25-7-6-19-14(25)17(15(28)22-16(29)23-17)9-20-13(27)12-8-21-26(24-12)11-4-2-10(18)3-5-11/h2-8H,9H2,1H3,(H,20,27)(H2,22,23,28,29)/t17-/m1/s1. The van der Waals surface area contributed by atoms with E-state index in [0.717, 1.165) is 0 Å². The second-order valence-corrected chi connectivity index (χ2v) is 6.35. The molecule has 1 aliphatic heterocycles. The van der Waals surface area contributed by atoms with Crippen LogP contribution in [0, 0.1) is 5.82 Å². The highest BCUT2D eigenvalue weighted by Crippen LogP contribution is 2.22. The molecule has 2 aromatic heterocycles. The molecule has 1 aliphatic rings. The number of carbonyl (C=O) groups excluding carboxylic acids is 3. The van der Waals surface area contributed by atoms with E-state index in [1.54, 1.807) is 17.8 Å². The van der Waals surface area contributed by atoms with E-state index in [2.05, 4.69) is 31.1 Å². The zero-order valence-corrected chi connectivity index (χ0v) is 15.1. The molecule has 3 heterocycles. The van der Waals surface area contributed by atoms with E-state index in [0.29, 0.717) is 5.69 Å². The van der Waals surface area contributed by atoms with Crippen LogP contribution in [0.4, 0.5) is 9.18 Å². The van der Waals surface area contributed by atoms with Gasteiger partial charge >= 0.3 is 6.03 Å². The van der Waals surface area contributed by atoms with Crippen molar-refractivity contribution in [2.45, 2.75) is 5.54 Å². The van der Waals surface area contributed by atoms with Crippen molar-refractivity contribution in [3.05, 3.63) is 60.2 Å². The van der Waals surface area contributed by atoms with Crippen LogP contribution in [0.25, 0.3) is 5.69 Å². The molecule has 29 heavy (non-hydrogen) atoms. The van der Waals surface area contributed by atoms with Gasteiger partial charge in [0.15, 0.2) is 11.2 Å². The lowest BCUT2D eigenvalue weighted by Gasteiger charge is -2.25. The SMILES string of the molecule is Cn1ccnc1[C@@]1(CNC(=O)c2cnn(-c3ccc(F)cc3)n2)NC(=O)NC1=O. The fourth-order valence-corrected chi connectivity index (χ4v) is 3.00. The van der Waals surface area contributed by atoms with Crippen LogP contribution in [-0.4, -0.2) is 48.9 Å². The molecule has 4 amide bonds. The molecule has 0 aliphatic carbocycles. The summed E-state index contributed by atoms with van der Waals surface area (Å²) in [5.41, 5.74) is -1.11. The maximum Gasteiger partial charge on any atom is 0.322 e. The summed E-state index contributed by atoms with van der Waals surface area (Å²) in [6.45, 7) is -0.252. The van der Waals surface area contributed by atoms with Gasteiger partial charge < -0.3 is 15.2 Å². The third-order valence-corrected chi connectivity index (χ3v) is 4.44. The topological polar surface area (TPSA) is 136 Å². The van der Waals surface area contributed by atoms with Crippen LogP contribution in [0.1, 0.15) is 16.3 Å². The zero-order valence-electron chi connectivity index (χ0n) is 15.1. The Bertz CT molecular complexity index is 1110. The van der Waals surface area contributed by atoms with Crippen molar-refractivity contribution in [3.63, 3.8) is 0 Å². The number of carbonyl (C=O) groups is 3. The number of nitrogens with one attached hydrogen (secondary N) is 3. The summed E-state index contributed by atoms with van der Waals surface area (Å²) in [7, 11) is 1.66. The van der Waals surface area contributed by atoms with Gasteiger partial charge in [-0.1, -0.05) is 0 Å². The smallest absolute Gasteiger partial charge is 0.322 e. The number of benzene rings is 1. The normalized spacial score (nSPS) is 18.4. The summed E-state index contributed by atoms with van der Waals surface area (Å²) in [4.78, 5) is 42.0. The van der Waals surface area contributed by atoms with Gasteiger partial charge in [0, 0.05) is 19.4 Å². The van der Waals surface area contributed by atoms with Gasteiger partial charge in [-0.15, -0.1) is 5.10 Å². The van der Waals surface area contributed by atoms with E-state index in [1.165, 1.54) is 41.5 Å². The molecule has 11 nitrogen and oxygen atoms in total. The second kappa shape index (κ2) is 6.82. The number of hydrogen-bond donors (Lipinski definition) is 3. The molecule has 12 heteroatoms. The zero-order chi connectivity index (χ0) is 20.6. The number of hydrogen-bond acceptors (Lipinski definition) is 6. The number of halogens is 1. The first-order chi connectivity index (χ1) is 13.9. The molecule has 148 valence electrons. The van der Waals surface area contributed by atoms with Crippen molar-refractivity contribution in [2.24, 2.45) is 7.05 Å². The third kappa shape index (κ3) is 3.20. The van der Waals surface area contributed by atoms with Gasteiger partial charge in [-0.3, -0.25) is 14.9 Å². The maximum absolute atomic E-state index is 13.0. The molecule has 1 fully saturated rings. The van der Waals surface area contributed by atoms with Crippen LogP contribution in [0.5, 0.6) is 0 Å². The Morgan fingerprint density at radius 1 is 1.28 bits per heavy atom. The summed E-state index contributed by atoms with van der Waals surface area (Å²) >= 11 is 0. The Hall–Kier alpha value is -4.09. The summed E-state index contributed by atoms with van der Waals surface area (Å²) in [5, 5.41) is 15.3. The van der Waals surface area contributed by atoms with Crippen LogP contribution in [0.3, 0.4) is 0 Å². The average molecular weight is 398 g/mol. The fraction of sp³-hybridized carbons (Fsp3) is 0.176. The minimum atomic E-state index is -1.56. The molecule has 0 unspecified atom stereocenters. The van der Waals surface area contributed by atoms with Crippen molar-refractivity contribution in [1.29, 1.82) is 0 Å². The first-order valence-corrected chi connectivity index (χ1v) is 8.47. The van der Waals surface area contributed by atoms with E-state index in [-0.39, 0.29) is 18.1 Å². The number of aromatic nitrogens is 5.